The number of alkyl halides is 2. The minimum Gasteiger partial charge on any atom is -0.429 e. The molecule has 0 heterocycles. The highest BCUT2D eigenvalue weighted by Gasteiger charge is 2.35. The summed E-state index contributed by atoms with van der Waals surface area (Å²) in [5, 5.41) is 8.73. The van der Waals surface area contributed by atoms with E-state index >= 15 is 0 Å². The summed E-state index contributed by atoms with van der Waals surface area (Å²) in [6.45, 7) is 2.17. The van der Waals surface area contributed by atoms with E-state index in [1.807, 2.05) is 0 Å². The Hall–Kier alpha value is -2.74. The third-order valence-corrected chi connectivity index (χ3v) is 5.66. The number of allylic oxidation sites excluding steroid dienone is 2. The van der Waals surface area contributed by atoms with Gasteiger partial charge in [-0.2, -0.15) is 14.0 Å². The molecule has 5 heteroatoms. The van der Waals surface area contributed by atoms with E-state index in [1.54, 1.807) is 18.2 Å². The molecule has 1 aliphatic carbocycles. The van der Waals surface area contributed by atoms with Gasteiger partial charge in [0.2, 0.25) is 0 Å². The molecule has 0 atom stereocenters. The van der Waals surface area contributed by atoms with Crippen LogP contribution in [0.25, 0.3) is 0 Å². The lowest BCUT2D eigenvalue weighted by Crippen LogP contribution is -2.22. The van der Waals surface area contributed by atoms with Crippen molar-refractivity contribution in [2.24, 2.45) is 5.92 Å². The molecule has 0 amide bonds. The van der Waals surface area contributed by atoms with Gasteiger partial charge in [-0.1, -0.05) is 37.6 Å². The maximum Gasteiger partial charge on any atom is 0.426 e. The molecule has 1 fully saturated rings. The number of hydrogen-bond acceptors (Lipinski definition) is 2. The first-order valence-corrected chi connectivity index (χ1v) is 10.5. The van der Waals surface area contributed by atoms with Crippen LogP contribution in [0.5, 0.6) is 5.75 Å². The van der Waals surface area contributed by atoms with Crippen LogP contribution in [0, 0.1) is 23.1 Å². The van der Waals surface area contributed by atoms with Crippen LogP contribution >= 0.6 is 0 Å². The van der Waals surface area contributed by atoms with Crippen molar-refractivity contribution in [2.45, 2.75) is 57.5 Å². The lowest BCUT2D eigenvalue weighted by molar-refractivity contribution is -0.185. The molecule has 0 aromatic heterocycles. The molecule has 0 N–H and O–H groups in total. The summed E-state index contributed by atoms with van der Waals surface area (Å²) in [7, 11) is 0. The van der Waals surface area contributed by atoms with Gasteiger partial charge in [0, 0.05) is 6.07 Å². The summed E-state index contributed by atoms with van der Waals surface area (Å²) in [6, 6.07) is 11.0. The average Bonchev–Trinajstić information content (AvgIpc) is 2.74. The minimum absolute atomic E-state index is 0.217. The molecule has 0 spiro atoms. The number of halogens is 3. The van der Waals surface area contributed by atoms with Crippen molar-refractivity contribution in [3.8, 4) is 11.8 Å². The Balaban J connectivity index is 1.62. The van der Waals surface area contributed by atoms with Gasteiger partial charge in [-0.15, -0.1) is 0 Å². The van der Waals surface area contributed by atoms with Gasteiger partial charge in [0.05, 0.1) is 11.1 Å². The van der Waals surface area contributed by atoms with Crippen LogP contribution in [0.3, 0.4) is 0 Å². The van der Waals surface area contributed by atoms with E-state index in [1.165, 1.54) is 12.1 Å². The van der Waals surface area contributed by atoms with Crippen molar-refractivity contribution in [1.82, 2.24) is 0 Å². The minimum atomic E-state index is -3.60. The zero-order chi connectivity index (χ0) is 21.6. The molecule has 30 heavy (non-hydrogen) atoms. The largest absolute Gasteiger partial charge is 0.429 e. The van der Waals surface area contributed by atoms with Crippen LogP contribution in [-0.2, 0) is 6.11 Å². The van der Waals surface area contributed by atoms with Crippen LogP contribution in [0.4, 0.5) is 13.2 Å². The molecular formula is C25H26F3NO. The molecular weight excluding hydrogens is 387 g/mol. The van der Waals surface area contributed by atoms with Crippen LogP contribution < -0.4 is 4.74 Å². The fourth-order valence-electron chi connectivity index (χ4n) is 3.91. The van der Waals surface area contributed by atoms with Crippen molar-refractivity contribution in [1.29, 1.82) is 5.26 Å². The van der Waals surface area contributed by atoms with Crippen molar-refractivity contribution in [3.63, 3.8) is 0 Å². The van der Waals surface area contributed by atoms with Crippen molar-refractivity contribution in [2.75, 3.05) is 0 Å². The molecule has 158 valence electrons. The van der Waals surface area contributed by atoms with Crippen molar-refractivity contribution < 1.29 is 17.9 Å². The first-order valence-electron chi connectivity index (χ1n) is 10.5. The third-order valence-electron chi connectivity index (χ3n) is 5.66. The van der Waals surface area contributed by atoms with E-state index in [0.29, 0.717) is 11.8 Å². The number of nitrogens with zero attached hydrogens (tertiary/aromatic N) is 1. The third kappa shape index (κ3) is 5.44. The fraction of sp³-hybridized carbons (Fsp3) is 0.400. The topological polar surface area (TPSA) is 33.0 Å². The van der Waals surface area contributed by atoms with E-state index in [4.69, 9.17) is 10.00 Å². The second kappa shape index (κ2) is 9.84. The standard InChI is InChI=1S/C25H26F3NO/c1-2-3-4-5-18-6-8-19(9-7-18)20-10-13-22(14-11-20)25(27,28)30-23-15-12-21(17-29)24(26)16-23/h4-5,10-16,18-19H,2-3,6-9H2,1H3/b5-4-. The van der Waals surface area contributed by atoms with Crippen LogP contribution in [0.15, 0.2) is 54.6 Å². The normalized spacial score (nSPS) is 19.6. The zero-order valence-electron chi connectivity index (χ0n) is 17.1. The monoisotopic (exact) mass is 413 g/mol. The van der Waals surface area contributed by atoms with Gasteiger partial charge in [0.25, 0.3) is 0 Å². The van der Waals surface area contributed by atoms with Gasteiger partial charge in [-0.25, -0.2) is 4.39 Å². The van der Waals surface area contributed by atoms with Crippen LogP contribution in [0.2, 0.25) is 0 Å². The Morgan fingerprint density at radius 2 is 1.80 bits per heavy atom. The molecule has 0 aliphatic heterocycles. The molecule has 0 saturated heterocycles. The lowest BCUT2D eigenvalue weighted by atomic mass is 9.78. The number of hydrogen-bond donors (Lipinski definition) is 0. The SMILES string of the molecule is CCC/C=C\C1CCC(c2ccc(C(F)(F)Oc3ccc(C#N)c(F)c3)cc2)CC1. The number of rotatable bonds is 7. The lowest BCUT2D eigenvalue weighted by Gasteiger charge is -2.27. The van der Waals surface area contributed by atoms with Gasteiger partial charge in [0.1, 0.15) is 17.6 Å². The second-order valence-electron chi connectivity index (χ2n) is 7.82. The Kier molecular flexibility index (Phi) is 7.20. The number of nitriles is 1. The van der Waals surface area contributed by atoms with Gasteiger partial charge in [-0.05, 0) is 73.8 Å². The maximum absolute atomic E-state index is 14.5. The van der Waals surface area contributed by atoms with Crippen molar-refractivity contribution in [3.05, 3.63) is 77.1 Å². The molecule has 2 aromatic carbocycles. The van der Waals surface area contributed by atoms with Gasteiger partial charge < -0.3 is 4.74 Å². The Labute approximate surface area is 176 Å². The number of unbranched alkanes of at least 4 members (excludes halogenated alkanes) is 1. The molecule has 0 unspecified atom stereocenters. The number of benzene rings is 2. The first kappa shape index (κ1) is 22.0. The summed E-state index contributed by atoms with van der Waals surface area (Å²) in [5.74, 6) is -0.203. The van der Waals surface area contributed by atoms with E-state index in [0.717, 1.165) is 62.3 Å². The predicted molar refractivity (Wildman–Crippen MR) is 111 cm³/mol. The Bertz CT molecular complexity index is 907. The maximum atomic E-state index is 14.5. The zero-order valence-corrected chi connectivity index (χ0v) is 17.1. The summed E-state index contributed by atoms with van der Waals surface area (Å²) >= 11 is 0. The average molecular weight is 413 g/mol. The first-order chi connectivity index (χ1) is 14.4. The second-order valence-corrected chi connectivity index (χ2v) is 7.82. The van der Waals surface area contributed by atoms with Gasteiger partial charge in [0.15, 0.2) is 0 Å². The highest BCUT2D eigenvalue weighted by atomic mass is 19.3. The van der Waals surface area contributed by atoms with Crippen LogP contribution in [-0.4, -0.2) is 0 Å². The highest BCUT2D eigenvalue weighted by molar-refractivity contribution is 5.37. The molecule has 2 nitrogen and oxygen atoms in total. The van der Waals surface area contributed by atoms with E-state index in [9.17, 15) is 13.2 Å². The molecule has 2 aromatic rings. The molecule has 1 aliphatic rings. The number of ether oxygens (including phenoxy) is 1. The molecule has 3 rings (SSSR count). The van der Waals surface area contributed by atoms with E-state index in [-0.39, 0.29) is 16.9 Å². The molecule has 0 radical (unpaired) electrons. The quantitative estimate of drug-likeness (QED) is 0.442. The van der Waals surface area contributed by atoms with Gasteiger partial charge >= 0.3 is 6.11 Å². The summed E-state index contributed by atoms with van der Waals surface area (Å²) < 4.78 is 47.4. The Morgan fingerprint density at radius 3 is 2.40 bits per heavy atom. The summed E-state index contributed by atoms with van der Waals surface area (Å²) in [6.07, 6.45) is 7.62. The predicted octanol–water partition coefficient (Wildman–Crippen LogP) is 7.46. The highest BCUT2D eigenvalue weighted by Crippen LogP contribution is 2.38. The summed E-state index contributed by atoms with van der Waals surface area (Å²) in [4.78, 5) is 0. The molecule has 1 saturated carbocycles. The van der Waals surface area contributed by atoms with Crippen molar-refractivity contribution >= 4 is 0 Å². The molecule has 0 bridgehead atoms. The fourth-order valence-corrected chi connectivity index (χ4v) is 3.91. The van der Waals surface area contributed by atoms with Gasteiger partial charge in [-0.3, -0.25) is 0 Å². The smallest absolute Gasteiger partial charge is 0.426 e. The van der Waals surface area contributed by atoms with E-state index < -0.39 is 11.9 Å². The Morgan fingerprint density at radius 1 is 1.10 bits per heavy atom. The van der Waals surface area contributed by atoms with Crippen LogP contribution in [0.1, 0.15) is 68.1 Å². The summed E-state index contributed by atoms with van der Waals surface area (Å²) in [5.41, 5.74) is 0.563. The van der Waals surface area contributed by atoms with E-state index in [2.05, 4.69) is 19.1 Å².